The molecule has 0 N–H and O–H groups in total. The summed E-state index contributed by atoms with van der Waals surface area (Å²) in [5.74, 6) is 1.34. The maximum atomic E-state index is 11.8. The third-order valence-corrected chi connectivity index (χ3v) is 6.04. The number of rotatable bonds is 15. The van der Waals surface area contributed by atoms with Crippen molar-refractivity contribution in [2.75, 3.05) is 26.9 Å². The fourth-order valence-electron chi connectivity index (χ4n) is 4.15. The maximum absolute atomic E-state index is 11.8. The van der Waals surface area contributed by atoms with Crippen molar-refractivity contribution >= 4 is 11.9 Å². The predicted molar refractivity (Wildman–Crippen MR) is 131 cm³/mol. The number of carbonyl (C=O) groups is 2. The number of methoxy groups -OCH3 is 1. The van der Waals surface area contributed by atoms with Crippen molar-refractivity contribution < 1.29 is 28.5 Å². The second kappa shape index (κ2) is 13.5. The Labute approximate surface area is 200 Å². The molecule has 33 heavy (non-hydrogen) atoms. The van der Waals surface area contributed by atoms with Crippen molar-refractivity contribution in [2.45, 2.75) is 97.8 Å². The lowest BCUT2D eigenvalue weighted by Crippen LogP contribution is -2.23. The van der Waals surface area contributed by atoms with Gasteiger partial charge < -0.3 is 18.9 Å². The minimum atomic E-state index is -0.212. The molecule has 188 valence electrons. The topological polar surface area (TPSA) is 71.1 Å². The number of ether oxygens (including phenoxy) is 4. The molecule has 0 radical (unpaired) electrons. The molecule has 1 aromatic carbocycles. The van der Waals surface area contributed by atoms with E-state index < -0.39 is 0 Å². The van der Waals surface area contributed by atoms with Gasteiger partial charge >= 0.3 is 11.9 Å². The normalized spacial score (nSPS) is 11.8. The molecule has 0 fully saturated rings. The van der Waals surface area contributed by atoms with Gasteiger partial charge in [0, 0.05) is 24.0 Å². The summed E-state index contributed by atoms with van der Waals surface area (Å²) in [4.78, 5) is 23.5. The average molecular weight is 465 g/mol. The first-order valence-corrected chi connectivity index (χ1v) is 12.2. The van der Waals surface area contributed by atoms with Gasteiger partial charge in [0.1, 0.15) is 11.5 Å². The van der Waals surface area contributed by atoms with E-state index in [0.29, 0.717) is 32.7 Å². The van der Waals surface area contributed by atoms with Crippen LogP contribution in [-0.4, -0.2) is 38.9 Å². The van der Waals surface area contributed by atoms with Crippen LogP contribution in [-0.2, 0) is 29.9 Å². The molecule has 0 aliphatic rings. The molecule has 0 amide bonds. The van der Waals surface area contributed by atoms with Crippen LogP contribution in [0.4, 0.5) is 0 Å². The second-order valence-electron chi connectivity index (χ2n) is 9.57. The van der Waals surface area contributed by atoms with Gasteiger partial charge in [-0.1, -0.05) is 27.7 Å². The minimum absolute atomic E-state index is 0.157. The highest BCUT2D eigenvalue weighted by Gasteiger charge is 2.31. The van der Waals surface area contributed by atoms with E-state index in [0.717, 1.165) is 48.3 Å². The Morgan fingerprint density at radius 2 is 1.15 bits per heavy atom. The summed E-state index contributed by atoms with van der Waals surface area (Å²) in [6, 6.07) is 4.17. The van der Waals surface area contributed by atoms with E-state index in [1.165, 1.54) is 0 Å². The maximum Gasteiger partial charge on any atom is 0.305 e. The summed E-state index contributed by atoms with van der Waals surface area (Å²) >= 11 is 0. The number of hydrogen-bond donors (Lipinski definition) is 0. The van der Waals surface area contributed by atoms with Gasteiger partial charge in [0.2, 0.25) is 0 Å². The van der Waals surface area contributed by atoms with E-state index in [1.54, 1.807) is 7.11 Å². The lowest BCUT2D eigenvalue weighted by molar-refractivity contribution is -0.144. The Bertz CT molecular complexity index is 766. The second-order valence-corrected chi connectivity index (χ2v) is 9.57. The summed E-state index contributed by atoms with van der Waals surface area (Å²) in [5, 5.41) is 0. The Morgan fingerprint density at radius 3 is 1.55 bits per heavy atom. The van der Waals surface area contributed by atoms with Crippen molar-refractivity contribution in [3.05, 3.63) is 23.3 Å². The van der Waals surface area contributed by atoms with Crippen molar-refractivity contribution in [3.8, 4) is 11.5 Å². The van der Waals surface area contributed by atoms with Gasteiger partial charge in [0.25, 0.3) is 0 Å². The quantitative estimate of drug-likeness (QED) is 0.291. The summed E-state index contributed by atoms with van der Waals surface area (Å²) < 4.78 is 22.0. The van der Waals surface area contributed by atoms with Crippen molar-refractivity contribution in [2.24, 2.45) is 0 Å². The standard InChI is InChI=1S/C27H44O6/c1-9-31-23-19-20(26(4,5)16-12-14-24(28)32-10-2)22(30-8)18-21(23)27(6,7)17-13-15-25(29)33-11-3/h18-19H,9-17H2,1-8H3. The van der Waals surface area contributed by atoms with Crippen LogP contribution in [0.5, 0.6) is 11.5 Å². The monoisotopic (exact) mass is 464 g/mol. The highest BCUT2D eigenvalue weighted by molar-refractivity contribution is 5.69. The Hall–Kier alpha value is -2.24. The van der Waals surface area contributed by atoms with E-state index in [1.807, 2.05) is 20.8 Å². The van der Waals surface area contributed by atoms with E-state index in [4.69, 9.17) is 18.9 Å². The summed E-state index contributed by atoms with van der Waals surface area (Å²) in [6.45, 7) is 15.7. The van der Waals surface area contributed by atoms with Gasteiger partial charge in [0.05, 0.1) is 26.9 Å². The summed E-state index contributed by atoms with van der Waals surface area (Å²) in [7, 11) is 1.69. The molecule has 6 nitrogen and oxygen atoms in total. The SMILES string of the molecule is CCOC(=O)CCCC(C)(C)c1cc(OCC)c(C(C)(C)CCCC(=O)OCC)cc1OC. The number of hydrogen-bond acceptors (Lipinski definition) is 6. The van der Waals surface area contributed by atoms with Crippen molar-refractivity contribution in [1.29, 1.82) is 0 Å². The fraction of sp³-hybridized carbons (Fsp3) is 0.704. The van der Waals surface area contributed by atoms with Crippen LogP contribution >= 0.6 is 0 Å². The molecule has 0 saturated carbocycles. The molecular formula is C27H44O6. The van der Waals surface area contributed by atoms with Crippen molar-refractivity contribution in [1.82, 2.24) is 0 Å². The Balaban J connectivity index is 3.15. The zero-order valence-electron chi connectivity index (χ0n) is 22.0. The molecule has 0 atom stereocenters. The predicted octanol–water partition coefficient (Wildman–Crippen LogP) is 6.12. The fourth-order valence-corrected chi connectivity index (χ4v) is 4.15. The zero-order valence-corrected chi connectivity index (χ0v) is 22.0. The molecule has 1 rings (SSSR count). The van der Waals surface area contributed by atoms with Crippen LogP contribution in [0.25, 0.3) is 0 Å². The van der Waals surface area contributed by atoms with Crippen molar-refractivity contribution in [3.63, 3.8) is 0 Å². The Morgan fingerprint density at radius 1 is 0.727 bits per heavy atom. The highest BCUT2D eigenvalue weighted by Crippen LogP contribution is 2.44. The number of benzene rings is 1. The van der Waals surface area contributed by atoms with Crippen LogP contribution in [0.3, 0.4) is 0 Å². The van der Waals surface area contributed by atoms with Gasteiger partial charge in [-0.25, -0.2) is 0 Å². The summed E-state index contributed by atoms with van der Waals surface area (Å²) in [6.07, 6.45) is 3.92. The van der Waals surface area contributed by atoms with Crippen LogP contribution in [0.1, 0.15) is 98.1 Å². The van der Waals surface area contributed by atoms with Crippen LogP contribution in [0.2, 0.25) is 0 Å². The zero-order chi connectivity index (χ0) is 25.1. The lowest BCUT2D eigenvalue weighted by Gasteiger charge is -2.32. The van der Waals surface area contributed by atoms with Gasteiger partial charge in [-0.2, -0.15) is 0 Å². The van der Waals surface area contributed by atoms with Gasteiger partial charge in [-0.05, 0) is 69.4 Å². The first kappa shape index (κ1) is 28.8. The lowest BCUT2D eigenvalue weighted by atomic mass is 9.75. The Kier molecular flexibility index (Phi) is 11.7. The van der Waals surface area contributed by atoms with Gasteiger partial charge in [0.15, 0.2) is 0 Å². The third-order valence-electron chi connectivity index (χ3n) is 6.04. The highest BCUT2D eigenvalue weighted by atomic mass is 16.5. The van der Waals surface area contributed by atoms with Gasteiger partial charge in [-0.15, -0.1) is 0 Å². The largest absolute Gasteiger partial charge is 0.496 e. The third kappa shape index (κ3) is 8.90. The number of carbonyl (C=O) groups excluding carboxylic acids is 2. The average Bonchev–Trinajstić information content (AvgIpc) is 2.73. The molecule has 0 aliphatic heterocycles. The molecule has 0 bridgehead atoms. The molecular weight excluding hydrogens is 420 g/mol. The number of esters is 2. The molecule has 0 saturated heterocycles. The van der Waals surface area contributed by atoms with Crippen LogP contribution in [0, 0.1) is 0 Å². The van der Waals surface area contributed by atoms with E-state index in [-0.39, 0.29) is 22.8 Å². The molecule has 0 unspecified atom stereocenters. The molecule has 0 heterocycles. The molecule has 0 aromatic heterocycles. The molecule has 1 aromatic rings. The van der Waals surface area contributed by atoms with Crippen LogP contribution in [0.15, 0.2) is 12.1 Å². The van der Waals surface area contributed by atoms with E-state index >= 15 is 0 Å². The molecule has 6 heteroatoms. The molecule has 0 spiro atoms. The first-order chi connectivity index (χ1) is 15.5. The van der Waals surface area contributed by atoms with E-state index in [9.17, 15) is 9.59 Å². The molecule has 0 aliphatic carbocycles. The van der Waals surface area contributed by atoms with Gasteiger partial charge in [-0.3, -0.25) is 9.59 Å². The smallest absolute Gasteiger partial charge is 0.305 e. The first-order valence-electron chi connectivity index (χ1n) is 12.2. The summed E-state index contributed by atoms with van der Waals surface area (Å²) in [5.41, 5.74) is 1.70. The van der Waals surface area contributed by atoms with Crippen LogP contribution < -0.4 is 9.47 Å². The minimum Gasteiger partial charge on any atom is -0.496 e. The van der Waals surface area contributed by atoms with E-state index in [2.05, 4.69) is 39.8 Å².